The van der Waals surface area contributed by atoms with E-state index < -0.39 is 0 Å². The Balaban J connectivity index is 1.68. The lowest BCUT2D eigenvalue weighted by molar-refractivity contribution is 0.0900. The van der Waals surface area contributed by atoms with E-state index in [1.807, 2.05) is 54.2 Å². The third-order valence-corrected chi connectivity index (χ3v) is 5.63. The fraction of sp³-hybridized carbons (Fsp3) is 0.318. The Kier molecular flexibility index (Phi) is 4.19. The summed E-state index contributed by atoms with van der Waals surface area (Å²) in [5, 5.41) is 4.37. The number of nitrogens with zero attached hydrogens (tertiary/aromatic N) is 1. The lowest BCUT2D eigenvalue weighted by Crippen LogP contribution is -2.43. The van der Waals surface area contributed by atoms with Crippen LogP contribution in [0.5, 0.6) is 5.75 Å². The molecule has 0 aliphatic heterocycles. The Morgan fingerprint density at radius 3 is 2.50 bits per heavy atom. The van der Waals surface area contributed by atoms with Crippen LogP contribution in [-0.4, -0.2) is 17.6 Å². The minimum atomic E-state index is -0.291. The average molecular weight is 348 g/mol. The molecule has 26 heavy (non-hydrogen) atoms. The van der Waals surface area contributed by atoms with Gasteiger partial charge in [0.1, 0.15) is 5.75 Å². The van der Waals surface area contributed by atoms with E-state index in [1.165, 1.54) is 0 Å². The normalized spacial score (nSPS) is 15.9. The van der Waals surface area contributed by atoms with Gasteiger partial charge in [0.2, 0.25) is 0 Å². The molecular weight excluding hydrogens is 324 g/mol. The largest absolute Gasteiger partial charge is 0.497 e. The zero-order chi connectivity index (χ0) is 18.1. The number of amides is 1. The van der Waals surface area contributed by atoms with Crippen molar-refractivity contribution in [2.24, 2.45) is 7.05 Å². The molecule has 4 heteroatoms. The molecule has 1 fully saturated rings. The molecule has 134 valence electrons. The Hall–Kier alpha value is -2.75. The van der Waals surface area contributed by atoms with Gasteiger partial charge >= 0.3 is 0 Å². The van der Waals surface area contributed by atoms with Crippen molar-refractivity contribution in [2.45, 2.75) is 31.2 Å². The summed E-state index contributed by atoms with van der Waals surface area (Å²) in [6.07, 6.45) is 6.19. The van der Waals surface area contributed by atoms with Gasteiger partial charge in [-0.1, -0.05) is 31.0 Å². The molecule has 0 saturated heterocycles. The molecule has 1 aliphatic carbocycles. The number of nitrogens with one attached hydrogen (secondary N) is 1. The van der Waals surface area contributed by atoms with Gasteiger partial charge in [-0.05, 0) is 48.7 Å². The molecule has 4 nitrogen and oxygen atoms in total. The second kappa shape index (κ2) is 6.52. The Bertz CT molecular complexity index is 934. The predicted octanol–water partition coefficient (Wildman–Crippen LogP) is 4.39. The summed E-state index contributed by atoms with van der Waals surface area (Å²) in [6, 6.07) is 16.0. The van der Waals surface area contributed by atoms with Crippen molar-refractivity contribution in [1.29, 1.82) is 0 Å². The number of aryl methyl sites for hydroxylation is 1. The number of hydrogen-bond donors (Lipinski definition) is 1. The van der Waals surface area contributed by atoms with Gasteiger partial charge in [0, 0.05) is 29.7 Å². The summed E-state index contributed by atoms with van der Waals surface area (Å²) in [5.41, 5.74) is 2.68. The summed E-state index contributed by atoms with van der Waals surface area (Å²) in [7, 11) is 3.67. The van der Waals surface area contributed by atoms with E-state index in [2.05, 4.69) is 17.4 Å². The maximum Gasteiger partial charge on any atom is 0.252 e. The molecule has 1 amide bonds. The predicted molar refractivity (Wildman–Crippen MR) is 104 cm³/mol. The van der Waals surface area contributed by atoms with Crippen molar-refractivity contribution >= 4 is 16.8 Å². The Morgan fingerprint density at radius 1 is 1.08 bits per heavy atom. The monoisotopic (exact) mass is 348 g/mol. The van der Waals surface area contributed by atoms with Crippen LogP contribution in [0.15, 0.2) is 54.7 Å². The quantitative estimate of drug-likeness (QED) is 0.760. The summed E-state index contributed by atoms with van der Waals surface area (Å²) in [5.74, 6) is 0.835. The van der Waals surface area contributed by atoms with Gasteiger partial charge in [0.25, 0.3) is 5.91 Å². The molecule has 0 spiro atoms. The second-order valence-corrected chi connectivity index (χ2v) is 7.14. The van der Waals surface area contributed by atoms with E-state index in [0.29, 0.717) is 0 Å². The van der Waals surface area contributed by atoms with Crippen molar-refractivity contribution < 1.29 is 9.53 Å². The summed E-state index contributed by atoms with van der Waals surface area (Å²) >= 11 is 0. The number of ether oxygens (including phenoxy) is 1. The van der Waals surface area contributed by atoms with Crippen LogP contribution in [0.2, 0.25) is 0 Å². The van der Waals surface area contributed by atoms with Gasteiger partial charge in [0.05, 0.1) is 12.6 Å². The Labute approximate surface area is 153 Å². The van der Waals surface area contributed by atoms with Crippen molar-refractivity contribution in [3.8, 4) is 5.75 Å². The van der Waals surface area contributed by atoms with Gasteiger partial charge in [-0.15, -0.1) is 0 Å². The van der Waals surface area contributed by atoms with E-state index in [4.69, 9.17) is 4.74 Å². The van der Waals surface area contributed by atoms with Crippen LogP contribution in [0.4, 0.5) is 0 Å². The lowest BCUT2D eigenvalue weighted by atomic mass is 9.87. The zero-order valence-corrected chi connectivity index (χ0v) is 15.3. The molecule has 4 rings (SSSR count). The van der Waals surface area contributed by atoms with Crippen LogP contribution in [0.25, 0.3) is 10.9 Å². The number of hydrogen-bond acceptors (Lipinski definition) is 2. The van der Waals surface area contributed by atoms with Crippen LogP contribution in [0, 0.1) is 0 Å². The van der Waals surface area contributed by atoms with Crippen LogP contribution < -0.4 is 10.1 Å². The van der Waals surface area contributed by atoms with Crippen LogP contribution in [-0.2, 0) is 12.6 Å². The van der Waals surface area contributed by atoms with Gasteiger partial charge in [-0.3, -0.25) is 4.79 Å². The Morgan fingerprint density at radius 2 is 1.81 bits per heavy atom. The minimum Gasteiger partial charge on any atom is -0.497 e. The maximum absolute atomic E-state index is 13.2. The SMILES string of the molecule is COc1ccc(C2(NC(=O)c3cccc4c3ccn4C)CCCC2)cc1. The molecule has 2 aromatic carbocycles. The first kappa shape index (κ1) is 16.7. The van der Waals surface area contributed by atoms with Gasteiger partial charge < -0.3 is 14.6 Å². The van der Waals surface area contributed by atoms with Crippen molar-refractivity contribution in [2.75, 3.05) is 7.11 Å². The van der Waals surface area contributed by atoms with Crippen molar-refractivity contribution in [3.05, 3.63) is 65.9 Å². The molecule has 0 unspecified atom stereocenters. The molecule has 1 heterocycles. The number of benzene rings is 2. The summed E-state index contributed by atoms with van der Waals surface area (Å²) < 4.78 is 7.32. The second-order valence-electron chi connectivity index (χ2n) is 7.14. The number of carbonyl (C=O) groups is 1. The van der Waals surface area contributed by atoms with Crippen molar-refractivity contribution in [3.63, 3.8) is 0 Å². The molecule has 1 N–H and O–H groups in total. The van der Waals surface area contributed by atoms with Crippen LogP contribution in [0.1, 0.15) is 41.6 Å². The van der Waals surface area contributed by atoms with E-state index in [9.17, 15) is 4.79 Å². The van der Waals surface area contributed by atoms with Crippen LogP contribution >= 0.6 is 0 Å². The molecule has 1 aromatic heterocycles. The minimum absolute atomic E-state index is 0.000446. The molecule has 0 radical (unpaired) electrons. The van der Waals surface area contributed by atoms with Crippen LogP contribution in [0.3, 0.4) is 0 Å². The molecule has 1 saturated carbocycles. The van der Waals surface area contributed by atoms with Gasteiger partial charge in [-0.25, -0.2) is 0 Å². The smallest absolute Gasteiger partial charge is 0.252 e. The molecule has 1 aliphatic rings. The van der Waals surface area contributed by atoms with E-state index in [1.54, 1.807) is 7.11 Å². The lowest BCUT2D eigenvalue weighted by Gasteiger charge is -2.31. The highest BCUT2D eigenvalue weighted by molar-refractivity contribution is 6.06. The number of aromatic nitrogens is 1. The van der Waals surface area contributed by atoms with Crippen molar-refractivity contribution in [1.82, 2.24) is 9.88 Å². The fourth-order valence-corrected chi connectivity index (χ4v) is 4.16. The van der Waals surface area contributed by atoms with E-state index in [0.717, 1.165) is 53.5 Å². The number of methoxy groups -OCH3 is 1. The summed E-state index contributed by atoms with van der Waals surface area (Å²) in [4.78, 5) is 13.2. The highest BCUT2D eigenvalue weighted by atomic mass is 16.5. The molecular formula is C22H24N2O2. The zero-order valence-electron chi connectivity index (χ0n) is 15.3. The van der Waals surface area contributed by atoms with E-state index >= 15 is 0 Å². The molecule has 3 aromatic rings. The number of fused-ring (bicyclic) bond motifs is 1. The van der Waals surface area contributed by atoms with Gasteiger partial charge in [-0.2, -0.15) is 0 Å². The van der Waals surface area contributed by atoms with Gasteiger partial charge in [0.15, 0.2) is 0 Å². The maximum atomic E-state index is 13.2. The number of carbonyl (C=O) groups excluding carboxylic acids is 1. The molecule has 0 atom stereocenters. The first-order chi connectivity index (χ1) is 12.6. The fourth-order valence-electron chi connectivity index (χ4n) is 4.16. The first-order valence-corrected chi connectivity index (χ1v) is 9.14. The third kappa shape index (κ3) is 2.75. The molecule has 0 bridgehead atoms. The highest BCUT2D eigenvalue weighted by Crippen LogP contribution is 2.39. The van der Waals surface area contributed by atoms with E-state index in [-0.39, 0.29) is 11.4 Å². The summed E-state index contributed by atoms with van der Waals surface area (Å²) in [6.45, 7) is 0. The average Bonchev–Trinajstić information content (AvgIpc) is 3.29. The standard InChI is InChI=1S/C22H24N2O2/c1-24-15-12-18-19(6-5-7-20(18)24)21(25)23-22(13-3-4-14-22)16-8-10-17(26-2)11-9-16/h5-12,15H,3-4,13-14H2,1-2H3,(H,23,25). The third-order valence-electron chi connectivity index (χ3n) is 5.63. The highest BCUT2D eigenvalue weighted by Gasteiger charge is 2.37. The number of rotatable bonds is 4. The topological polar surface area (TPSA) is 43.3 Å². The first-order valence-electron chi connectivity index (χ1n) is 9.14.